The number of hydrogen-bond donors (Lipinski definition) is 2. The molecular weight excluding hydrogens is 390 g/mol. The zero-order valence-electron chi connectivity index (χ0n) is 20.5. The number of rotatable bonds is 6. The van der Waals surface area contributed by atoms with Gasteiger partial charge in [0.15, 0.2) is 5.96 Å². The van der Waals surface area contributed by atoms with Crippen molar-refractivity contribution in [2.24, 2.45) is 10.9 Å². The van der Waals surface area contributed by atoms with Gasteiger partial charge in [0, 0.05) is 31.2 Å². The van der Waals surface area contributed by atoms with Crippen LogP contribution >= 0.6 is 0 Å². The van der Waals surface area contributed by atoms with Crippen LogP contribution in [0.3, 0.4) is 0 Å². The van der Waals surface area contributed by atoms with Gasteiger partial charge >= 0.3 is 6.09 Å². The maximum absolute atomic E-state index is 12.7. The molecule has 3 heterocycles. The summed E-state index contributed by atoms with van der Waals surface area (Å²) in [5.41, 5.74) is -0.441. The van der Waals surface area contributed by atoms with Crippen molar-refractivity contribution in [3.8, 4) is 0 Å². The number of nitrogens with zero attached hydrogens (tertiary/aromatic N) is 3. The monoisotopic (exact) mass is 435 g/mol. The third-order valence-corrected chi connectivity index (χ3v) is 6.98. The van der Waals surface area contributed by atoms with Gasteiger partial charge in [-0.25, -0.2) is 4.79 Å². The summed E-state index contributed by atoms with van der Waals surface area (Å²) in [6.45, 7) is 15.6. The van der Waals surface area contributed by atoms with Gasteiger partial charge in [0.25, 0.3) is 0 Å². The Kier molecular flexibility index (Phi) is 8.48. The second-order valence-electron chi connectivity index (χ2n) is 10.5. The summed E-state index contributed by atoms with van der Waals surface area (Å²) in [5, 5.41) is 7.10. The van der Waals surface area contributed by atoms with Crippen LogP contribution in [0.1, 0.15) is 79.6 Å². The lowest BCUT2D eigenvalue weighted by Crippen LogP contribution is -2.55. The molecule has 3 saturated heterocycles. The quantitative estimate of drug-likeness (QED) is 0.493. The molecule has 7 nitrogen and oxygen atoms in total. The van der Waals surface area contributed by atoms with E-state index in [0.29, 0.717) is 6.04 Å². The van der Waals surface area contributed by atoms with E-state index >= 15 is 0 Å². The van der Waals surface area contributed by atoms with Gasteiger partial charge in [0.1, 0.15) is 5.60 Å². The van der Waals surface area contributed by atoms with Crippen LogP contribution in [0.5, 0.6) is 0 Å². The normalized spacial score (nSPS) is 28.0. The lowest BCUT2D eigenvalue weighted by Gasteiger charge is -2.40. The first-order chi connectivity index (χ1) is 14.8. The Labute approximate surface area is 189 Å². The van der Waals surface area contributed by atoms with Crippen LogP contribution in [0.25, 0.3) is 0 Å². The van der Waals surface area contributed by atoms with Crippen LogP contribution in [0.4, 0.5) is 4.79 Å². The number of fused-ring (bicyclic) bond motifs is 2. The molecule has 0 aromatic heterocycles. The molecule has 3 fully saturated rings. The molecular formula is C24H45N5O2. The number of hydrogen-bond acceptors (Lipinski definition) is 4. The lowest BCUT2D eigenvalue weighted by molar-refractivity contribution is 0.00545. The van der Waals surface area contributed by atoms with Crippen molar-refractivity contribution in [2.45, 2.75) is 103 Å². The van der Waals surface area contributed by atoms with Gasteiger partial charge in [-0.2, -0.15) is 0 Å². The third kappa shape index (κ3) is 6.99. The number of carbonyl (C=O) groups excluding carboxylic acids is 1. The Morgan fingerprint density at radius 1 is 1.06 bits per heavy atom. The van der Waals surface area contributed by atoms with E-state index in [-0.39, 0.29) is 18.2 Å². The average molecular weight is 436 g/mol. The molecule has 7 heteroatoms. The van der Waals surface area contributed by atoms with E-state index in [1.165, 1.54) is 38.9 Å². The fourth-order valence-corrected chi connectivity index (χ4v) is 5.37. The smallest absolute Gasteiger partial charge is 0.410 e. The van der Waals surface area contributed by atoms with Crippen molar-refractivity contribution in [3.63, 3.8) is 0 Å². The molecule has 2 unspecified atom stereocenters. The average Bonchev–Trinajstić information content (AvgIpc) is 2.98. The summed E-state index contributed by atoms with van der Waals surface area (Å²) in [6.07, 6.45) is 7.73. The lowest BCUT2D eigenvalue weighted by atomic mass is 9.94. The molecule has 3 aliphatic heterocycles. The van der Waals surface area contributed by atoms with Crippen LogP contribution in [0, 0.1) is 5.92 Å². The predicted octanol–water partition coefficient (Wildman–Crippen LogP) is 3.59. The SMILES string of the molecule is CCNC(=NCCC1CCN(CC)CC1)NC1CC2CCC(C1)N2C(=O)OC(C)(C)C. The molecule has 0 aliphatic carbocycles. The second-order valence-corrected chi connectivity index (χ2v) is 10.5. The third-order valence-electron chi connectivity index (χ3n) is 6.98. The van der Waals surface area contributed by atoms with Gasteiger partial charge < -0.3 is 25.2 Å². The van der Waals surface area contributed by atoms with Gasteiger partial charge in [0.05, 0.1) is 0 Å². The first-order valence-electron chi connectivity index (χ1n) is 12.6. The van der Waals surface area contributed by atoms with Crippen LogP contribution < -0.4 is 10.6 Å². The van der Waals surface area contributed by atoms with E-state index in [4.69, 9.17) is 9.73 Å². The zero-order valence-corrected chi connectivity index (χ0v) is 20.5. The van der Waals surface area contributed by atoms with Gasteiger partial charge in [0.2, 0.25) is 0 Å². The van der Waals surface area contributed by atoms with E-state index in [1.807, 2.05) is 25.7 Å². The molecule has 2 atom stereocenters. The molecule has 2 bridgehead atoms. The highest BCUT2D eigenvalue weighted by atomic mass is 16.6. The molecule has 0 spiro atoms. The number of guanidine groups is 1. The van der Waals surface area contributed by atoms with Crippen molar-refractivity contribution in [2.75, 3.05) is 32.7 Å². The number of nitrogens with one attached hydrogen (secondary N) is 2. The Balaban J connectivity index is 1.48. The number of piperidine rings is 2. The Morgan fingerprint density at radius 2 is 1.71 bits per heavy atom. The van der Waals surface area contributed by atoms with E-state index < -0.39 is 5.60 Å². The fourth-order valence-electron chi connectivity index (χ4n) is 5.37. The molecule has 178 valence electrons. The molecule has 0 aromatic carbocycles. The molecule has 3 aliphatic rings. The number of carbonyl (C=O) groups is 1. The summed E-state index contributed by atoms with van der Waals surface area (Å²) < 4.78 is 5.66. The predicted molar refractivity (Wildman–Crippen MR) is 126 cm³/mol. The summed E-state index contributed by atoms with van der Waals surface area (Å²) in [6, 6.07) is 0.914. The Hall–Kier alpha value is -1.50. The first-order valence-corrected chi connectivity index (χ1v) is 12.6. The number of ether oxygens (including phenoxy) is 1. The van der Waals surface area contributed by atoms with Gasteiger partial charge in [-0.1, -0.05) is 6.92 Å². The highest BCUT2D eigenvalue weighted by molar-refractivity contribution is 5.80. The van der Waals surface area contributed by atoms with E-state index in [1.54, 1.807) is 0 Å². The largest absolute Gasteiger partial charge is 0.444 e. The Morgan fingerprint density at radius 3 is 2.26 bits per heavy atom. The topological polar surface area (TPSA) is 69.2 Å². The van der Waals surface area contributed by atoms with Crippen molar-refractivity contribution in [1.82, 2.24) is 20.4 Å². The summed E-state index contributed by atoms with van der Waals surface area (Å²) in [7, 11) is 0. The molecule has 0 aromatic rings. The standard InChI is InChI=1S/C24H45N5O2/c1-6-25-22(26-13-10-18-11-14-28(7-2)15-12-18)27-19-16-20-8-9-21(17-19)29(20)23(30)31-24(3,4)5/h18-21H,6-17H2,1-5H3,(H2,25,26,27). The Bertz CT molecular complexity index is 596. The first kappa shape index (κ1) is 24.1. The molecule has 2 N–H and O–H groups in total. The summed E-state index contributed by atoms with van der Waals surface area (Å²) >= 11 is 0. The maximum atomic E-state index is 12.7. The van der Waals surface area contributed by atoms with Crippen molar-refractivity contribution in [3.05, 3.63) is 0 Å². The molecule has 0 saturated carbocycles. The minimum atomic E-state index is -0.441. The van der Waals surface area contributed by atoms with Crippen LogP contribution in [0.15, 0.2) is 4.99 Å². The van der Waals surface area contributed by atoms with E-state index in [0.717, 1.165) is 50.7 Å². The number of amides is 1. The van der Waals surface area contributed by atoms with Gasteiger partial charge in [-0.05, 0) is 98.2 Å². The van der Waals surface area contributed by atoms with Gasteiger partial charge in [-0.3, -0.25) is 4.99 Å². The molecule has 0 radical (unpaired) electrons. The van der Waals surface area contributed by atoms with Crippen LogP contribution in [-0.4, -0.2) is 78.3 Å². The van der Waals surface area contributed by atoms with Gasteiger partial charge in [-0.15, -0.1) is 0 Å². The summed E-state index contributed by atoms with van der Waals surface area (Å²) in [5.74, 6) is 1.74. The number of aliphatic imine (C=N–C) groups is 1. The van der Waals surface area contributed by atoms with Crippen molar-refractivity contribution >= 4 is 12.1 Å². The fraction of sp³-hybridized carbons (Fsp3) is 0.917. The minimum absolute atomic E-state index is 0.145. The molecule has 1 amide bonds. The van der Waals surface area contributed by atoms with Crippen LogP contribution in [-0.2, 0) is 4.74 Å². The molecule has 31 heavy (non-hydrogen) atoms. The van der Waals surface area contributed by atoms with E-state index in [9.17, 15) is 4.79 Å². The zero-order chi connectivity index (χ0) is 22.4. The minimum Gasteiger partial charge on any atom is -0.444 e. The van der Waals surface area contributed by atoms with Crippen molar-refractivity contribution in [1.29, 1.82) is 0 Å². The highest BCUT2D eigenvalue weighted by Gasteiger charge is 2.45. The second kappa shape index (κ2) is 10.9. The molecule has 3 rings (SSSR count). The maximum Gasteiger partial charge on any atom is 0.410 e. The highest BCUT2D eigenvalue weighted by Crippen LogP contribution is 2.36. The summed E-state index contributed by atoms with van der Waals surface area (Å²) in [4.78, 5) is 22.1. The van der Waals surface area contributed by atoms with Crippen molar-refractivity contribution < 1.29 is 9.53 Å². The number of likely N-dealkylation sites (tertiary alicyclic amines) is 1. The van der Waals surface area contributed by atoms with Crippen LogP contribution in [0.2, 0.25) is 0 Å². The van der Waals surface area contributed by atoms with E-state index in [2.05, 4.69) is 29.4 Å².